The minimum atomic E-state index is -0.428. The molecule has 1 unspecified atom stereocenters. The smallest absolute Gasteiger partial charge is 0.139 e. The molecule has 0 saturated carbocycles. The molecule has 1 atom stereocenters. The van der Waals surface area contributed by atoms with Gasteiger partial charge in [0.15, 0.2) is 0 Å². The molecule has 0 aliphatic rings. The molecule has 1 rings (SSSR count). The Morgan fingerprint density at radius 1 is 1.39 bits per heavy atom. The second kappa shape index (κ2) is 6.95. The average Bonchev–Trinajstić information content (AvgIpc) is 2.33. The Kier molecular flexibility index (Phi) is 5.88. The monoisotopic (exact) mass is 318 g/mol. The van der Waals surface area contributed by atoms with Gasteiger partial charge < -0.3 is 16.2 Å². The molecule has 1 aromatic rings. The molecule has 0 heterocycles. The van der Waals surface area contributed by atoms with E-state index in [0.29, 0.717) is 22.4 Å². The molecule has 1 aromatic carbocycles. The highest BCUT2D eigenvalue weighted by molar-refractivity contribution is 9.10. The van der Waals surface area contributed by atoms with E-state index in [1.54, 1.807) is 6.07 Å². The fourth-order valence-corrected chi connectivity index (χ4v) is 2.27. The SMILES string of the molecule is CCC(CC)C(O)CNc1cc(Br)c(F)cc1N. The van der Waals surface area contributed by atoms with E-state index in [-0.39, 0.29) is 5.92 Å². The molecule has 4 N–H and O–H groups in total. The Labute approximate surface area is 116 Å². The maximum Gasteiger partial charge on any atom is 0.139 e. The number of hydrogen-bond acceptors (Lipinski definition) is 3. The first-order valence-corrected chi connectivity index (χ1v) is 6.95. The highest BCUT2D eigenvalue weighted by atomic mass is 79.9. The summed E-state index contributed by atoms with van der Waals surface area (Å²) in [5, 5.41) is 13.1. The molecular formula is C13H20BrFN2O. The lowest BCUT2D eigenvalue weighted by molar-refractivity contribution is 0.114. The van der Waals surface area contributed by atoms with E-state index in [9.17, 15) is 9.50 Å². The van der Waals surface area contributed by atoms with Gasteiger partial charge in [-0.1, -0.05) is 26.7 Å². The minimum absolute atomic E-state index is 0.266. The van der Waals surface area contributed by atoms with E-state index in [1.165, 1.54) is 6.07 Å². The molecule has 0 saturated heterocycles. The van der Waals surface area contributed by atoms with Gasteiger partial charge in [-0.3, -0.25) is 0 Å². The first-order chi connectivity index (χ1) is 8.49. The van der Waals surface area contributed by atoms with Crippen LogP contribution in [0, 0.1) is 11.7 Å². The first kappa shape index (κ1) is 15.2. The summed E-state index contributed by atoms with van der Waals surface area (Å²) in [5.41, 5.74) is 6.69. The van der Waals surface area contributed by atoms with Gasteiger partial charge in [0.05, 0.1) is 22.0 Å². The van der Waals surface area contributed by atoms with Gasteiger partial charge in [-0.2, -0.15) is 0 Å². The van der Waals surface area contributed by atoms with Crippen molar-refractivity contribution in [1.82, 2.24) is 0 Å². The van der Waals surface area contributed by atoms with Crippen molar-refractivity contribution in [3.63, 3.8) is 0 Å². The number of aliphatic hydroxyl groups excluding tert-OH is 1. The molecule has 18 heavy (non-hydrogen) atoms. The Balaban J connectivity index is 2.66. The van der Waals surface area contributed by atoms with Crippen molar-refractivity contribution < 1.29 is 9.50 Å². The van der Waals surface area contributed by atoms with Crippen molar-refractivity contribution in [3.05, 3.63) is 22.4 Å². The third-order valence-electron chi connectivity index (χ3n) is 3.19. The van der Waals surface area contributed by atoms with Gasteiger partial charge in [-0.15, -0.1) is 0 Å². The van der Waals surface area contributed by atoms with Gasteiger partial charge in [-0.05, 0) is 27.9 Å². The van der Waals surface area contributed by atoms with E-state index < -0.39 is 11.9 Å². The van der Waals surface area contributed by atoms with Gasteiger partial charge in [0, 0.05) is 12.6 Å². The predicted octanol–water partition coefficient (Wildman–Crippen LogP) is 3.38. The summed E-state index contributed by atoms with van der Waals surface area (Å²) in [5.74, 6) is -0.124. The van der Waals surface area contributed by atoms with Crippen molar-refractivity contribution in [1.29, 1.82) is 0 Å². The summed E-state index contributed by atoms with van der Waals surface area (Å²) < 4.78 is 13.5. The van der Waals surface area contributed by atoms with Crippen LogP contribution in [0.4, 0.5) is 15.8 Å². The lowest BCUT2D eigenvalue weighted by Crippen LogP contribution is -2.27. The molecule has 3 nitrogen and oxygen atoms in total. The highest BCUT2D eigenvalue weighted by Gasteiger charge is 2.15. The molecule has 0 aromatic heterocycles. The Morgan fingerprint density at radius 3 is 2.56 bits per heavy atom. The number of hydrogen-bond donors (Lipinski definition) is 3. The van der Waals surface area contributed by atoms with Crippen molar-refractivity contribution in [2.24, 2.45) is 5.92 Å². The quantitative estimate of drug-likeness (QED) is 0.705. The molecule has 102 valence electrons. The van der Waals surface area contributed by atoms with Crippen LogP contribution in [0.1, 0.15) is 26.7 Å². The topological polar surface area (TPSA) is 58.3 Å². The lowest BCUT2D eigenvalue weighted by atomic mass is 9.96. The van der Waals surface area contributed by atoms with Crippen LogP contribution in [0.2, 0.25) is 0 Å². The molecule has 0 spiro atoms. The molecule has 0 fully saturated rings. The molecular weight excluding hydrogens is 299 g/mol. The normalized spacial score (nSPS) is 12.8. The number of anilines is 2. The molecule has 0 amide bonds. The Bertz CT molecular complexity index is 397. The standard InChI is InChI=1S/C13H20BrFN2O/c1-3-8(4-2)13(18)7-17-12-5-9(14)10(15)6-11(12)16/h5-6,8,13,17-18H,3-4,7,16H2,1-2H3. The molecule has 5 heteroatoms. The average molecular weight is 319 g/mol. The number of nitrogens with one attached hydrogen (secondary N) is 1. The summed E-state index contributed by atoms with van der Waals surface area (Å²) >= 11 is 3.11. The van der Waals surface area contributed by atoms with Crippen LogP contribution in [0.25, 0.3) is 0 Å². The summed E-state index contributed by atoms with van der Waals surface area (Å²) in [6.45, 7) is 4.52. The summed E-state index contributed by atoms with van der Waals surface area (Å²) in [6, 6.07) is 2.85. The fourth-order valence-electron chi connectivity index (χ4n) is 1.93. The maximum absolute atomic E-state index is 13.2. The number of halogens is 2. The van der Waals surface area contributed by atoms with Crippen LogP contribution in [-0.4, -0.2) is 17.8 Å². The van der Waals surface area contributed by atoms with Gasteiger partial charge in [0.1, 0.15) is 5.82 Å². The van der Waals surface area contributed by atoms with E-state index in [4.69, 9.17) is 5.73 Å². The maximum atomic E-state index is 13.2. The zero-order chi connectivity index (χ0) is 13.7. The largest absolute Gasteiger partial charge is 0.397 e. The number of nitrogens with two attached hydrogens (primary N) is 1. The van der Waals surface area contributed by atoms with Gasteiger partial charge in [-0.25, -0.2) is 4.39 Å². The molecule has 0 aliphatic heterocycles. The van der Waals surface area contributed by atoms with Crippen molar-refractivity contribution in [2.45, 2.75) is 32.8 Å². The predicted molar refractivity (Wildman–Crippen MR) is 77.1 cm³/mol. The number of rotatable bonds is 6. The third kappa shape index (κ3) is 3.85. The van der Waals surface area contributed by atoms with Crippen molar-refractivity contribution in [2.75, 3.05) is 17.6 Å². The number of aliphatic hydroxyl groups is 1. The van der Waals surface area contributed by atoms with Crippen LogP contribution >= 0.6 is 15.9 Å². The van der Waals surface area contributed by atoms with Crippen LogP contribution in [0.5, 0.6) is 0 Å². The molecule has 0 bridgehead atoms. The van der Waals surface area contributed by atoms with E-state index in [1.807, 2.05) is 0 Å². The summed E-state index contributed by atoms with van der Waals surface area (Å²) in [7, 11) is 0. The van der Waals surface area contributed by atoms with E-state index in [2.05, 4.69) is 35.1 Å². The zero-order valence-corrected chi connectivity index (χ0v) is 12.3. The number of benzene rings is 1. The Morgan fingerprint density at radius 2 is 2.00 bits per heavy atom. The molecule has 0 aliphatic carbocycles. The highest BCUT2D eigenvalue weighted by Crippen LogP contribution is 2.27. The number of nitrogen functional groups attached to an aromatic ring is 1. The zero-order valence-electron chi connectivity index (χ0n) is 10.7. The van der Waals surface area contributed by atoms with Crippen LogP contribution in [-0.2, 0) is 0 Å². The summed E-state index contributed by atoms with van der Waals surface area (Å²) in [4.78, 5) is 0. The van der Waals surface area contributed by atoms with Crippen molar-refractivity contribution >= 4 is 27.3 Å². The Hall–Kier alpha value is -0.810. The second-order valence-corrected chi connectivity index (χ2v) is 5.23. The first-order valence-electron chi connectivity index (χ1n) is 6.16. The van der Waals surface area contributed by atoms with Crippen LogP contribution in [0.3, 0.4) is 0 Å². The second-order valence-electron chi connectivity index (χ2n) is 4.38. The van der Waals surface area contributed by atoms with E-state index in [0.717, 1.165) is 12.8 Å². The van der Waals surface area contributed by atoms with Gasteiger partial charge in [0.25, 0.3) is 0 Å². The lowest BCUT2D eigenvalue weighted by Gasteiger charge is -2.21. The fraction of sp³-hybridized carbons (Fsp3) is 0.538. The third-order valence-corrected chi connectivity index (χ3v) is 3.79. The van der Waals surface area contributed by atoms with Gasteiger partial charge >= 0.3 is 0 Å². The van der Waals surface area contributed by atoms with Gasteiger partial charge in [0.2, 0.25) is 0 Å². The van der Waals surface area contributed by atoms with Crippen LogP contribution in [0.15, 0.2) is 16.6 Å². The summed E-state index contributed by atoms with van der Waals surface area (Å²) in [6.07, 6.45) is 1.44. The molecule has 0 radical (unpaired) electrons. The minimum Gasteiger partial charge on any atom is -0.397 e. The van der Waals surface area contributed by atoms with E-state index >= 15 is 0 Å². The van der Waals surface area contributed by atoms with Crippen LogP contribution < -0.4 is 11.1 Å². The van der Waals surface area contributed by atoms with Crippen molar-refractivity contribution in [3.8, 4) is 0 Å².